The minimum atomic E-state index is -0.307. The van der Waals surface area contributed by atoms with Crippen molar-refractivity contribution >= 4 is 5.65 Å². The summed E-state index contributed by atoms with van der Waals surface area (Å²) in [4.78, 5) is 9.57. The molecule has 1 unspecified atom stereocenters. The highest BCUT2D eigenvalue weighted by Gasteiger charge is 2.39. The molecule has 3 aromatic heterocycles. The van der Waals surface area contributed by atoms with E-state index in [0.29, 0.717) is 23.2 Å². The highest BCUT2D eigenvalue weighted by molar-refractivity contribution is 5.67. The molecule has 6 aromatic rings. The molecule has 0 aliphatic carbocycles. The Kier molecular flexibility index (Phi) is 5.70. The zero-order valence-corrected chi connectivity index (χ0v) is 22.3. The number of fused-ring (bicyclic) bond motifs is 4. The van der Waals surface area contributed by atoms with Gasteiger partial charge in [-0.2, -0.15) is 5.10 Å². The molecule has 9 heteroatoms. The molecule has 1 aliphatic heterocycles. The van der Waals surface area contributed by atoms with E-state index in [1.807, 2.05) is 91.3 Å². The third-order valence-corrected chi connectivity index (χ3v) is 7.10. The Morgan fingerprint density at radius 2 is 1.65 bits per heavy atom. The second-order valence-corrected chi connectivity index (χ2v) is 9.69. The van der Waals surface area contributed by atoms with Crippen molar-refractivity contribution in [2.24, 2.45) is 0 Å². The quantitative estimate of drug-likeness (QED) is 0.268. The first-order valence-corrected chi connectivity index (χ1v) is 13.0. The fraction of sp³-hybridized carbons (Fsp3) is 0.161. The zero-order valence-electron chi connectivity index (χ0n) is 22.3. The summed E-state index contributed by atoms with van der Waals surface area (Å²) in [5.41, 5.74) is 6.23. The van der Waals surface area contributed by atoms with Crippen molar-refractivity contribution < 1.29 is 14.2 Å². The number of hydrogen-bond donors (Lipinski definition) is 0. The van der Waals surface area contributed by atoms with Gasteiger partial charge in [-0.1, -0.05) is 54.1 Å². The van der Waals surface area contributed by atoms with Gasteiger partial charge in [0.05, 0.1) is 35.5 Å². The molecule has 0 radical (unpaired) electrons. The van der Waals surface area contributed by atoms with Gasteiger partial charge in [0.15, 0.2) is 11.5 Å². The molecule has 9 nitrogen and oxygen atoms in total. The summed E-state index contributed by atoms with van der Waals surface area (Å²) in [7, 11) is 1.68. The van der Waals surface area contributed by atoms with Gasteiger partial charge < -0.3 is 14.2 Å². The van der Waals surface area contributed by atoms with Crippen molar-refractivity contribution in [3.8, 4) is 28.9 Å². The summed E-state index contributed by atoms with van der Waals surface area (Å²) in [5, 5.41) is 9.56. The molecule has 0 N–H and O–H groups in total. The van der Waals surface area contributed by atoms with Crippen molar-refractivity contribution in [2.75, 3.05) is 7.11 Å². The van der Waals surface area contributed by atoms with Crippen LogP contribution in [0.15, 0.2) is 85.2 Å². The van der Waals surface area contributed by atoms with Crippen molar-refractivity contribution in [1.29, 1.82) is 0 Å². The van der Waals surface area contributed by atoms with Crippen molar-refractivity contribution in [1.82, 2.24) is 29.4 Å². The molecular weight excluding hydrogens is 504 g/mol. The summed E-state index contributed by atoms with van der Waals surface area (Å²) in [6.07, 6.45) is 1.62. The molecule has 0 spiro atoms. The number of ether oxygens (including phenoxy) is 3. The lowest BCUT2D eigenvalue weighted by atomic mass is 9.84. The maximum absolute atomic E-state index is 6.50. The fourth-order valence-electron chi connectivity index (χ4n) is 5.23. The smallest absolute Gasteiger partial charge is 0.230 e. The van der Waals surface area contributed by atoms with Crippen LogP contribution < -0.4 is 14.2 Å². The van der Waals surface area contributed by atoms with Gasteiger partial charge in [0, 0.05) is 5.56 Å². The van der Waals surface area contributed by atoms with Crippen LogP contribution in [0.1, 0.15) is 39.7 Å². The van der Waals surface area contributed by atoms with Gasteiger partial charge in [-0.05, 0) is 44.2 Å². The van der Waals surface area contributed by atoms with Gasteiger partial charge in [0.1, 0.15) is 24.4 Å². The molecule has 198 valence electrons. The molecule has 7 rings (SSSR count). The van der Waals surface area contributed by atoms with E-state index in [4.69, 9.17) is 24.3 Å². The predicted octanol–water partition coefficient (Wildman–Crippen LogP) is 5.80. The lowest BCUT2D eigenvalue weighted by Crippen LogP contribution is -2.16. The first-order chi connectivity index (χ1) is 19.6. The number of methoxy groups -OCH3 is 1. The van der Waals surface area contributed by atoms with Gasteiger partial charge in [-0.3, -0.25) is 0 Å². The van der Waals surface area contributed by atoms with E-state index in [0.717, 1.165) is 39.6 Å². The summed E-state index contributed by atoms with van der Waals surface area (Å²) in [6, 6.07) is 25.8. The molecule has 3 aromatic carbocycles. The Hall–Kier alpha value is -5.18. The molecule has 40 heavy (non-hydrogen) atoms. The lowest BCUT2D eigenvalue weighted by molar-refractivity contribution is 0.296. The highest BCUT2D eigenvalue weighted by atomic mass is 16.5. The van der Waals surface area contributed by atoms with Crippen LogP contribution in [-0.2, 0) is 6.61 Å². The molecule has 0 saturated carbocycles. The average Bonchev–Trinajstić information content (AvgIpc) is 3.57. The van der Waals surface area contributed by atoms with Crippen LogP contribution in [0.4, 0.5) is 0 Å². The Morgan fingerprint density at radius 3 is 2.45 bits per heavy atom. The van der Waals surface area contributed by atoms with Gasteiger partial charge in [0.2, 0.25) is 11.8 Å². The van der Waals surface area contributed by atoms with Crippen LogP contribution in [0.5, 0.6) is 23.3 Å². The fourth-order valence-corrected chi connectivity index (χ4v) is 5.23. The SMILES string of the molecule is COc1ccccc1C1c2c(C)nn(-c3ccccc3)c2Oc2ncn3nc(COc4ccc(C)cc4)nc3c21. The minimum Gasteiger partial charge on any atom is -0.496 e. The predicted molar refractivity (Wildman–Crippen MR) is 149 cm³/mol. The molecule has 4 heterocycles. The third kappa shape index (κ3) is 3.94. The summed E-state index contributed by atoms with van der Waals surface area (Å²) >= 11 is 0. The molecule has 0 bridgehead atoms. The second kappa shape index (κ2) is 9.53. The van der Waals surface area contributed by atoms with Crippen LogP contribution in [0, 0.1) is 13.8 Å². The van der Waals surface area contributed by atoms with Gasteiger partial charge in [0.25, 0.3) is 0 Å². The lowest BCUT2D eigenvalue weighted by Gasteiger charge is -2.27. The van der Waals surface area contributed by atoms with E-state index in [1.54, 1.807) is 18.0 Å². The van der Waals surface area contributed by atoms with Crippen LogP contribution in [-0.4, -0.2) is 36.5 Å². The first-order valence-electron chi connectivity index (χ1n) is 13.0. The molecule has 1 atom stereocenters. The molecule has 0 saturated heterocycles. The summed E-state index contributed by atoms with van der Waals surface area (Å²) < 4.78 is 21.8. The molecule has 0 amide bonds. The molecule has 1 aliphatic rings. The molecule has 0 fully saturated rings. The normalized spacial score (nSPS) is 13.9. The number of benzene rings is 3. The number of aromatic nitrogens is 6. The average molecular weight is 531 g/mol. The van der Waals surface area contributed by atoms with E-state index in [-0.39, 0.29) is 12.5 Å². The Morgan fingerprint density at radius 1 is 0.875 bits per heavy atom. The van der Waals surface area contributed by atoms with E-state index in [9.17, 15) is 0 Å². The summed E-state index contributed by atoms with van der Waals surface area (Å²) in [5.74, 6) is 2.81. The number of hydrogen-bond acceptors (Lipinski definition) is 7. The van der Waals surface area contributed by atoms with Crippen molar-refractivity contribution in [3.05, 3.63) is 119 Å². The van der Waals surface area contributed by atoms with Crippen molar-refractivity contribution in [3.63, 3.8) is 0 Å². The number of para-hydroxylation sites is 2. The van der Waals surface area contributed by atoms with Crippen LogP contribution in [0.2, 0.25) is 0 Å². The number of nitrogens with zero attached hydrogens (tertiary/aromatic N) is 6. The second-order valence-electron chi connectivity index (χ2n) is 9.69. The van der Waals surface area contributed by atoms with E-state index >= 15 is 0 Å². The third-order valence-electron chi connectivity index (χ3n) is 7.10. The van der Waals surface area contributed by atoms with Crippen LogP contribution >= 0.6 is 0 Å². The maximum Gasteiger partial charge on any atom is 0.230 e. The van der Waals surface area contributed by atoms with Gasteiger partial charge in [-0.25, -0.2) is 19.2 Å². The van der Waals surface area contributed by atoms with Crippen LogP contribution in [0.3, 0.4) is 0 Å². The van der Waals surface area contributed by atoms with Crippen molar-refractivity contribution in [2.45, 2.75) is 26.4 Å². The monoisotopic (exact) mass is 530 g/mol. The van der Waals surface area contributed by atoms with Crippen LogP contribution in [0.25, 0.3) is 11.3 Å². The maximum atomic E-state index is 6.50. The Bertz CT molecular complexity index is 1840. The minimum absolute atomic E-state index is 0.218. The highest BCUT2D eigenvalue weighted by Crippen LogP contribution is 2.51. The van der Waals surface area contributed by atoms with E-state index < -0.39 is 0 Å². The molecular formula is C31H26N6O3. The largest absolute Gasteiger partial charge is 0.496 e. The van der Waals surface area contributed by atoms with E-state index in [2.05, 4.69) is 16.1 Å². The zero-order chi connectivity index (χ0) is 27.2. The number of aryl methyl sites for hydroxylation is 2. The first kappa shape index (κ1) is 23.9. The Labute approximate surface area is 230 Å². The van der Waals surface area contributed by atoms with E-state index in [1.165, 1.54) is 5.56 Å². The topological polar surface area (TPSA) is 88.6 Å². The number of rotatable bonds is 6. The standard InChI is InChI=1S/C31H26N6O3/c1-19-13-15-22(16-14-19)39-17-25-33-29-28-27(23-11-7-8-12-24(23)38-3)26-20(2)34-37(21-9-5-4-6-10-21)31(26)40-30(28)32-18-36(29)35-25/h4-16,18,27H,17H2,1-3H3. The Balaban J connectivity index is 1.39. The van der Waals surface area contributed by atoms with Gasteiger partial charge >= 0.3 is 0 Å². The summed E-state index contributed by atoms with van der Waals surface area (Å²) in [6.45, 7) is 4.25. The van der Waals surface area contributed by atoms with Gasteiger partial charge in [-0.15, -0.1) is 5.10 Å².